The number of nitrogens with one attached hydrogen (secondary N) is 2. The summed E-state index contributed by atoms with van der Waals surface area (Å²) >= 11 is 0. The molecule has 6 N–H and O–H groups in total. The van der Waals surface area contributed by atoms with Crippen molar-refractivity contribution in [3.05, 3.63) is 72.1 Å². The molecule has 1 aliphatic rings. The maximum atomic E-state index is 12.4. The third kappa shape index (κ3) is 5.21. The molecule has 9 nitrogen and oxygen atoms in total. The van der Waals surface area contributed by atoms with Crippen LogP contribution in [0.1, 0.15) is 35.2 Å². The summed E-state index contributed by atoms with van der Waals surface area (Å²) in [6, 6.07) is 15.5. The van der Waals surface area contributed by atoms with E-state index in [0.717, 1.165) is 47.3 Å². The molecular weight excluding hydrogens is 454 g/mol. The van der Waals surface area contributed by atoms with Crippen LogP contribution in [-0.2, 0) is 11.2 Å². The van der Waals surface area contributed by atoms with E-state index in [1.165, 1.54) is 0 Å². The molecule has 1 saturated carbocycles. The Morgan fingerprint density at radius 1 is 1.08 bits per heavy atom. The second kappa shape index (κ2) is 10.2. The number of benzene rings is 2. The summed E-state index contributed by atoms with van der Waals surface area (Å²) in [4.78, 5) is 33.3. The highest BCUT2D eigenvalue weighted by Crippen LogP contribution is 2.28. The largest absolute Gasteiger partial charge is 0.369 e. The Labute approximate surface area is 208 Å². The molecule has 0 atom stereocenters. The van der Waals surface area contributed by atoms with Crippen molar-refractivity contribution in [1.82, 2.24) is 19.7 Å². The standard InChI is InChI=1S/C27H29N7O2/c28-11-2-12-30-25-26-31-15-23(18-5-7-19(8-6-18)27(36)32-21-9-10-21)34(26)16-22(33-25)20-4-1-3-17(13-20)14-24(29)35/h1,3-8,13,15-16,21H,2,9-12,14,28H2,(H2,29,35)(H,30,33)(H,32,36). The minimum Gasteiger partial charge on any atom is -0.369 e. The van der Waals surface area contributed by atoms with Gasteiger partial charge < -0.3 is 22.1 Å². The fourth-order valence-electron chi connectivity index (χ4n) is 4.10. The van der Waals surface area contributed by atoms with Crippen molar-refractivity contribution in [3.63, 3.8) is 0 Å². The van der Waals surface area contributed by atoms with Crippen LogP contribution in [0.2, 0.25) is 0 Å². The van der Waals surface area contributed by atoms with Gasteiger partial charge in [0.25, 0.3) is 5.91 Å². The van der Waals surface area contributed by atoms with Crippen LogP contribution in [-0.4, -0.2) is 45.3 Å². The molecule has 2 aromatic heterocycles. The van der Waals surface area contributed by atoms with Gasteiger partial charge in [0.2, 0.25) is 5.91 Å². The molecule has 0 aliphatic heterocycles. The molecule has 36 heavy (non-hydrogen) atoms. The van der Waals surface area contributed by atoms with Crippen molar-refractivity contribution in [2.24, 2.45) is 11.5 Å². The number of imidazole rings is 1. The summed E-state index contributed by atoms with van der Waals surface area (Å²) in [6.07, 6.45) is 6.80. The number of carbonyl (C=O) groups excluding carboxylic acids is 2. The summed E-state index contributed by atoms with van der Waals surface area (Å²) in [5.41, 5.74) is 16.6. The monoisotopic (exact) mass is 483 g/mol. The highest BCUT2D eigenvalue weighted by molar-refractivity contribution is 5.95. The second-order valence-corrected chi connectivity index (χ2v) is 9.05. The number of amides is 2. The first kappa shape index (κ1) is 23.5. The number of anilines is 1. The van der Waals surface area contributed by atoms with E-state index in [2.05, 4.69) is 15.6 Å². The molecular formula is C27H29N7O2. The average Bonchev–Trinajstić information content (AvgIpc) is 3.58. The smallest absolute Gasteiger partial charge is 0.251 e. The van der Waals surface area contributed by atoms with Gasteiger partial charge in [0.1, 0.15) is 0 Å². The predicted molar refractivity (Wildman–Crippen MR) is 139 cm³/mol. The van der Waals surface area contributed by atoms with Gasteiger partial charge in [-0.3, -0.25) is 14.0 Å². The summed E-state index contributed by atoms with van der Waals surface area (Å²) in [6.45, 7) is 1.23. The molecule has 4 aromatic rings. The Morgan fingerprint density at radius 2 is 1.89 bits per heavy atom. The maximum Gasteiger partial charge on any atom is 0.251 e. The topological polar surface area (TPSA) is 140 Å². The Balaban J connectivity index is 1.53. The van der Waals surface area contributed by atoms with E-state index in [4.69, 9.17) is 16.5 Å². The predicted octanol–water partition coefficient (Wildman–Crippen LogP) is 2.74. The third-order valence-electron chi connectivity index (χ3n) is 6.12. The van der Waals surface area contributed by atoms with Gasteiger partial charge in [0.05, 0.1) is 24.0 Å². The molecule has 0 radical (unpaired) electrons. The maximum absolute atomic E-state index is 12.4. The van der Waals surface area contributed by atoms with Gasteiger partial charge in [0.15, 0.2) is 11.5 Å². The fraction of sp³-hybridized carbons (Fsp3) is 0.259. The molecule has 0 unspecified atom stereocenters. The van der Waals surface area contributed by atoms with E-state index >= 15 is 0 Å². The van der Waals surface area contributed by atoms with Gasteiger partial charge in [-0.2, -0.15) is 0 Å². The molecule has 0 spiro atoms. The van der Waals surface area contributed by atoms with Gasteiger partial charge in [-0.25, -0.2) is 9.97 Å². The molecule has 2 heterocycles. The van der Waals surface area contributed by atoms with Gasteiger partial charge >= 0.3 is 0 Å². The molecule has 1 fully saturated rings. The minimum atomic E-state index is -0.383. The van der Waals surface area contributed by atoms with Crippen molar-refractivity contribution in [2.45, 2.75) is 31.7 Å². The van der Waals surface area contributed by atoms with E-state index in [1.807, 2.05) is 59.1 Å². The molecule has 5 rings (SSSR count). The van der Waals surface area contributed by atoms with Crippen LogP contribution in [0.3, 0.4) is 0 Å². The second-order valence-electron chi connectivity index (χ2n) is 9.05. The fourth-order valence-corrected chi connectivity index (χ4v) is 4.10. The molecule has 0 bridgehead atoms. The highest BCUT2D eigenvalue weighted by atomic mass is 16.2. The van der Waals surface area contributed by atoms with Crippen LogP contribution >= 0.6 is 0 Å². The first-order chi connectivity index (χ1) is 17.5. The van der Waals surface area contributed by atoms with Crippen LogP contribution in [0, 0.1) is 0 Å². The van der Waals surface area contributed by atoms with Crippen molar-refractivity contribution >= 4 is 23.3 Å². The Kier molecular flexibility index (Phi) is 6.64. The normalized spacial score (nSPS) is 13.0. The summed E-state index contributed by atoms with van der Waals surface area (Å²) in [5, 5.41) is 6.37. The number of carbonyl (C=O) groups is 2. The van der Waals surface area contributed by atoms with E-state index < -0.39 is 0 Å². The van der Waals surface area contributed by atoms with Crippen LogP contribution in [0.25, 0.3) is 28.2 Å². The van der Waals surface area contributed by atoms with Crippen LogP contribution < -0.4 is 22.1 Å². The number of nitrogens with two attached hydrogens (primary N) is 2. The lowest BCUT2D eigenvalue weighted by atomic mass is 10.1. The summed E-state index contributed by atoms with van der Waals surface area (Å²) < 4.78 is 1.99. The van der Waals surface area contributed by atoms with Crippen molar-refractivity contribution < 1.29 is 9.59 Å². The summed E-state index contributed by atoms with van der Waals surface area (Å²) in [7, 11) is 0. The minimum absolute atomic E-state index is 0.0455. The zero-order chi connectivity index (χ0) is 25.1. The summed E-state index contributed by atoms with van der Waals surface area (Å²) in [5.74, 6) is 0.217. The van der Waals surface area contributed by atoms with Gasteiger partial charge in [0, 0.05) is 35.5 Å². The van der Waals surface area contributed by atoms with Crippen LogP contribution in [0.5, 0.6) is 0 Å². The van der Waals surface area contributed by atoms with Crippen LogP contribution in [0.4, 0.5) is 5.82 Å². The average molecular weight is 484 g/mol. The van der Waals surface area contributed by atoms with Gasteiger partial charge in [-0.05, 0) is 49.6 Å². The Hall–Kier alpha value is -4.24. The lowest BCUT2D eigenvalue weighted by molar-refractivity contribution is -0.117. The highest BCUT2D eigenvalue weighted by Gasteiger charge is 2.23. The van der Waals surface area contributed by atoms with E-state index in [0.29, 0.717) is 36.2 Å². The van der Waals surface area contributed by atoms with E-state index in [1.54, 1.807) is 6.20 Å². The third-order valence-corrected chi connectivity index (χ3v) is 6.12. The number of rotatable bonds is 10. The number of hydrogen-bond acceptors (Lipinski definition) is 6. The first-order valence-electron chi connectivity index (χ1n) is 12.1. The quantitative estimate of drug-likeness (QED) is 0.256. The SMILES string of the molecule is NCCCNc1nc(-c2cccc(CC(N)=O)c2)cn2c(-c3ccc(C(=O)NC4CC4)cc3)cnc12. The van der Waals surface area contributed by atoms with Crippen molar-refractivity contribution in [2.75, 3.05) is 18.4 Å². The lowest BCUT2D eigenvalue weighted by Crippen LogP contribution is -2.25. The Bertz CT molecular complexity index is 1410. The number of hydrogen-bond donors (Lipinski definition) is 4. The zero-order valence-electron chi connectivity index (χ0n) is 19.9. The molecule has 2 amide bonds. The molecule has 2 aromatic carbocycles. The number of fused-ring (bicyclic) bond motifs is 1. The molecule has 9 heteroatoms. The number of aromatic nitrogens is 3. The first-order valence-corrected chi connectivity index (χ1v) is 12.1. The number of primary amides is 1. The van der Waals surface area contributed by atoms with Crippen LogP contribution in [0.15, 0.2) is 60.9 Å². The molecule has 1 aliphatic carbocycles. The van der Waals surface area contributed by atoms with E-state index in [9.17, 15) is 9.59 Å². The van der Waals surface area contributed by atoms with Gasteiger partial charge in [-0.15, -0.1) is 0 Å². The van der Waals surface area contributed by atoms with Gasteiger partial charge in [-0.1, -0.05) is 30.3 Å². The van der Waals surface area contributed by atoms with Crippen molar-refractivity contribution in [1.29, 1.82) is 0 Å². The Morgan fingerprint density at radius 3 is 2.61 bits per heavy atom. The van der Waals surface area contributed by atoms with Crippen molar-refractivity contribution in [3.8, 4) is 22.5 Å². The molecule has 0 saturated heterocycles. The zero-order valence-corrected chi connectivity index (χ0v) is 19.9. The van der Waals surface area contributed by atoms with E-state index in [-0.39, 0.29) is 18.2 Å². The number of nitrogens with zero attached hydrogens (tertiary/aromatic N) is 3. The molecule has 184 valence electrons. The lowest BCUT2D eigenvalue weighted by Gasteiger charge is -2.12.